The minimum absolute atomic E-state index is 0.00899. The van der Waals surface area contributed by atoms with Gasteiger partial charge in [-0.3, -0.25) is 14.6 Å². The van der Waals surface area contributed by atoms with Gasteiger partial charge >= 0.3 is 6.18 Å². The zero-order chi connectivity index (χ0) is 24.5. The van der Waals surface area contributed by atoms with Gasteiger partial charge in [0, 0.05) is 43.0 Å². The van der Waals surface area contributed by atoms with Crippen molar-refractivity contribution < 1.29 is 22.8 Å². The summed E-state index contributed by atoms with van der Waals surface area (Å²) in [7, 11) is 1.43. The molecule has 2 aromatic carbocycles. The molecular weight excluding hydrogens is 447 g/mol. The predicted molar refractivity (Wildman–Crippen MR) is 119 cm³/mol. The van der Waals surface area contributed by atoms with Gasteiger partial charge in [-0.1, -0.05) is 6.07 Å². The normalized spacial score (nSPS) is 16.3. The van der Waals surface area contributed by atoms with Gasteiger partial charge in [-0.05, 0) is 42.5 Å². The summed E-state index contributed by atoms with van der Waals surface area (Å²) >= 11 is 0. The molecule has 1 saturated heterocycles. The summed E-state index contributed by atoms with van der Waals surface area (Å²) in [5, 5.41) is 12.4. The number of nitriles is 1. The average Bonchev–Trinajstić information content (AvgIpc) is 2.86. The van der Waals surface area contributed by atoms with Gasteiger partial charge in [0.2, 0.25) is 5.91 Å². The van der Waals surface area contributed by atoms with Gasteiger partial charge in [0.05, 0.1) is 29.3 Å². The van der Waals surface area contributed by atoms with Gasteiger partial charge in [0.25, 0.3) is 5.91 Å². The minimum atomic E-state index is -4.72. The first kappa shape index (κ1) is 23.0. The molecule has 4 rings (SSSR count). The van der Waals surface area contributed by atoms with Crippen molar-refractivity contribution in [1.29, 1.82) is 5.26 Å². The summed E-state index contributed by atoms with van der Waals surface area (Å²) in [6.07, 6.45) is -3.06. The summed E-state index contributed by atoms with van der Waals surface area (Å²) in [4.78, 5) is 33.1. The number of fused-ring (bicyclic) bond motifs is 1. The van der Waals surface area contributed by atoms with Crippen LogP contribution in [0.4, 0.5) is 18.9 Å². The summed E-state index contributed by atoms with van der Waals surface area (Å²) in [5.41, 5.74) is -0.224. The van der Waals surface area contributed by atoms with Gasteiger partial charge < -0.3 is 15.1 Å². The topological polar surface area (TPSA) is 89.3 Å². The predicted octanol–water partition coefficient (Wildman–Crippen LogP) is 3.20. The summed E-state index contributed by atoms with van der Waals surface area (Å²) in [6.45, 7) is 0.339. The number of anilines is 1. The number of carbonyl (C=O) groups excluding carboxylic acids is 2. The molecule has 1 aromatic heterocycles. The van der Waals surface area contributed by atoms with Crippen molar-refractivity contribution >= 4 is 28.4 Å². The fourth-order valence-corrected chi connectivity index (χ4v) is 4.10. The lowest BCUT2D eigenvalue weighted by atomic mass is 10.0. The van der Waals surface area contributed by atoms with Crippen molar-refractivity contribution in [2.24, 2.45) is 0 Å². The Bertz CT molecular complexity index is 1300. The number of hydrogen-bond acceptors (Lipinski definition) is 5. The molecule has 34 heavy (non-hydrogen) atoms. The third-order valence-electron chi connectivity index (χ3n) is 5.83. The van der Waals surface area contributed by atoms with Crippen LogP contribution in [0.15, 0.2) is 54.7 Å². The van der Waals surface area contributed by atoms with E-state index >= 15 is 0 Å². The zero-order valence-electron chi connectivity index (χ0n) is 18.1. The van der Waals surface area contributed by atoms with Crippen LogP contribution in [0.25, 0.3) is 10.9 Å². The number of amides is 2. The van der Waals surface area contributed by atoms with E-state index in [1.165, 1.54) is 22.9 Å². The highest BCUT2D eigenvalue weighted by molar-refractivity contribution is 5.98. The van der Waals surface area contributed by atoms with Gasteiger partial charge in [0.15, 0.2) is 0 Å². The van der Waals surface area contributed by atoms with E-state index in [1.54, 1.807) is 36.5 Å². The third kappa shape index (κ3) is 4.37. The van der Waals surface area contributed by atoms with Crippen molar-refractivity contribution in [3.63, 3.8) is 0 Å². The van der Waals surface area contributed by atoms with Crippen LogP contribution in [0.5, 0.6) is 0 Å². The fourth-order valence-electron chi connectivity index (χ4n) is 4.10. The Morgan fingerprint density at radius 2 is 1.94 bits per heavy atom. The molecule has 1 aliphatic heterocycles. The number of aromatic nitrogens is 1. The minimum Gasteiger partial charge on any atom is -0.357 e. The van der Waals surface area contributed by atoms with E-state index in [-0.39, 0.29) is 31.2 Å². The first-order chi connectivity index (χ1) is 16.2. The van der Waals surface area contributed by atoms with Crippen LogP contribution in [0.3, 0.4) is 0 Å². The number of halogens is 3. The highest BCUT2D eigenvalue weighted by Gasteiger charge is 2.37. The summed E-state index contributed by atoms with van der Waals surface area (Å²) in [5.74, 6) is -0.715. The van der Waals surface area contributed by atoms with Crippen molar-refractivity contribution in [2.45, 2.75) is 12.2 Å². The van der Waals surface area contributed by atoms with E-state index in [0.29, 0.717) is 5.56 Å². The van der Waals surface area contributed by atoms with Crippen molar-refractivity contribution in [2.75, 3.05) is 31.6 Å². The molecule has 1 aliphatic rings. The number of carbonyl (C=O) groups is 2. The quantitative estimate of drug-likeness (QED) is 0.639. The molecule has 1 unspecified atom stereocenters. The maximum Gasteiger partial charge on any atom is 0.417 e. The molecule has 0 saturated carbocycles. The number of nitrogens with one attached hydrogen (secondary N) is 1. The molecule has 0 bridgehead atoms. The number of likely N-dealkylation sites (N-methyl/N-ethyl adjacent to an activating group) is 1. The molecule has 2 amide bonds. The summed E-state index contributed by atoms with van der Waals surface area (Å²) < 4.78 is 40.4. The van der Waals surface area contributed by atoms with Crippen molar-refractivity contribution in [1.82, 2.24) is 15.2 Å². The first-order valence-corrected chi connectivity index (χ1v) is 10.5. The molecular formula is C24H20F3N5O2. The number of nitrogens with zero attached hydrogens (tertiary/aromatic N) is 4. The molecule has 10 heteroatoms. The van der Waals surface area contributed by atoms with Crippen LogP contribution < -0.4 is 10.2 Å². The lowest BCUT2D eigenvalue weighted by molar-refractivity contribution is -0.137. The molecule has 0 aliphatic carbocycles. The maximum absolute atomic E-state index is 13.5. The molecule has 1 N–H and O–H groups in total. The standard InChI is InChI=1S/C24H20F3N5O2/c1-29-22(33)21-14-31(23(34)16-5-7-20-15(11-16)3-2-8-30-20)9-10-32(21)18-6-4-17(13-28)19(12-18)24(25,26)27/h2-8,11-12,21H,9-10,14H2,1H3,(H,29,33). The van der Waals surface area contributed by atoms with Crippen LogP contribution in [-0.2, 0) is 11.0 Å². The third-order valence-corrected chi connectivity index (χ3v) is 5.83. The van der Waals surface area contributed by atoms with Gasteiger partial charge in [0.1, 0.15) is 6.04 Å². The lowest BCUT2D eigenvalue weighted by Gasteiger charge is -2.42. The van der Waals surface area contributed by atoms with Gasteiger partial charge in [-0.15, -0.1) is 0 Å². The van der Waals surface area contributed by atoms with Crippen LogP contribution in [0, 0.1) is 11.3 Å². The Morgan fingerprint density at radius 3 is 2.65 bits per heavy atom. The molecule has 1 fully saturated rings. The number of rotatable bonds is 3. The monoisotopic (exact) mass is 467 g/mol. The lowest BCUT2D eigenvalue weighted by Crippen LogP contribution is -2.60. The Kier molecular flexibility index (Phi) is 6.11. The van der Waals surface area contributed by atoms with Crippen LogP contribution in [-0.4, -0.2) is 54.4 Å². The Labute approximate surface area is 193 Å². The largest absolute Gasteiger partial charge is 0.417 e. The number of piperazine rings is 1. The SMILES string of the molecule is CNC(=O)C1CN(C(=O)c2ccc3ncccc3c2)CCN1c1ccc(C#N)c(C(F)(F)F)c1. The van der Waals surface area contributed by atoms with Gasteiger partial charge in [-0.25, -0.2) is 0 Å². The second-order valence-electron chi connectivity index (χ2n) is 7.82. The van der Waals surface area contributed by atoms with Crippen LogP contribution >= 0.6 is 0 Å². The van der Waals surface area contributed by atoms with Crippen molar-refractivity contribution in [3.05, 3.63) is 71.4 Å². The number of alkyl halides is 3. The molecule has 1 atom stereocenters. The number of benzene rings is 2. The van der Waals surface area contributed by atoms with E-state index in [2.05, 4.69) is 10.3 Å². The molecule has 0 spiro atoms. The van der Waals surface area contributed by atoms with Crippen LogP contribution in [0.2, 0.25) is 0 Å². The fraction of sp³-hybridized carbons (Fsp3) is 0.250. The molecule has 3 aromatic rings. The highest BCUT2D eigenvalue weighted by Crippen LogP contribution is 2.35. The van der Waals surface area contributed by atoms with Gasteiger partial charge in [-0.2, -0.15) is 18.4 Å². The first-order valence-electron chi connectivity index (χ1n) is 10.5. The average molecular weight is 467 g/mol. The molecule has 2 heterocycles. The van der Waals surface area contributed by atoms with E-state index in [4.69, 9.17) is 5.26 Å². The molecule has 0 radical (unpaired) electrons. The Morgan fingerprint density at radius 1 is 1.15 bits per heavy atom. The number of pyridine rings is 1. The number of hydrogen-bond donors (Lipinski definition) is 1. The van der Waals surface area contributed by atoms with Crippen molar-refractivity contribution in [3.8, 4) is 6.07 Å². The Hall–Kier alpha value is -4.13. The van der Waals surface area contributed by atoms with E-state index in [9.17, 15) is 22.8 Å². The maximum atomic E-state index is 13.5. The highest BCUT2D eigenvalue weighted by atomic mass is 19.4. The second kappa shape index (κ2) is 9.02. The smallest absolute Gasteiger partial charge is 0.357 e. The van der Waals surface area contributed by atoms with E-state index in [0.717, 1.165) is 23.0 Å². The Balaban J connectivity index is 1.63. The van der Waals surface area contributed by atoms with Crippen LogP contribution in [0.1, 0.15) is 21.5 Å². The second-order valence-corrected chi connectivity index (χ2v) is 7.82. The summed E-state index contributed by atoms with van der Waals surface area (Å²) in [6, 6.07) is 12.7. The molecule has 174 valence electrons. The molecule has 7 nitrogen and oxygen atoms in total. The van der Waals surface area contributed by atoms with E-state index < -0.39 is 29.3 Å². The zero-order valence-corrected chi connectivity index (χ0v) is 18.1. The van der Waals surface area contributed by atoms with E-state index in [1.807, 2.05) is 6.07 Å².